The second-order valence-corrected chi connectivity index (χ2v) is 7.78. The van der Waals surface area contributed by atoms with Gasteiger partial charge in [0.1, 0.15) is 0 Å². The maximum absolute atomic E-state index is 4.85. The first-order chi connectivity index (χ1) is 13.5. The third-order valence-corrected chi connectivity index (χ3v) is 6.29. The summed E-state index contributed by atoms with van der Waals surface area (Å²) in [6.45, 7) is 12.9. The number of allylic oxidation sites excluding steroid dienone is 3. The number of azo groups is 3. The molecule has 0 spiro atoms. The van der Waals surface area contributed by atoms with E-state index >= 15 is 0 Å². The quantitative estimate of drug-likeness (QED) is 0.208. The Kier molecular flexibility index (Phi) is 14.2. The predicted octanol–water partition coefficient (Wildman–Crippen LogP) is 8.55. The number of halogens is 3. The zero-order valence-corrected chi connectivity index (χ0v) is 23.9. The fourth-order valence-electron chi connectivity index (χ4n) is 4.52. The molecule has 0 aliphatic carbocycles. The molecule has 6 nitrogen and oxygen atoms in total. The van der Waals surface area contributed by atoms with Gasteiger partial charge in [0.15, 0.2) is 0 Å². The van der Waals surface area contributed by atoms with Crippen LogP contribution in [0.3, 0.4) is 0 Å². The van der Waals surface area contributed by atoms with E-state index in [2.05, 4.69) is 75.1 Å². The Labute approximate surface area is 226 Å². The molecule has 0 amide bonds. The third kappa shape index (κ3) is 5.63. The minimum atomic E-state index is -0.533. The van der Waals surface area contributed by atoms with E-state index in [-0.39, 0.29) is 58.9 Å². The van der Waals surface area contributed by atoms with Crippen LogP contribution in [0.1, 0.15) is 80.1 Å². The molecule has 0 aromatic heterocycles. The van der Waals surface area contributed by atoms with Gasteiger partial charge in [-0.05, 0) is 35.9 Å². The van der Waals surface area contributed by atoms with Crippen LogP contribution in [0.15, 0.2) is 66.0 Å². The van der Waals surface area contributed by atoms with E-state index in [0.29, 0.717) is 0 Å². The summed E-state index contributed by atoms with van der Waals surface area (Å²) in [6, 6.07) is 0. The van der Waals surface area contributed by atoms with Gasteiger partial charge in [0.05, 0.1) is 17.1 Å². The Morgan fingerprint density at radius 1 is 0.562 bits per heavy atom. The van der Waals surface area contributed by atoms with Crippen LogP contribution in [0.25, 0.3) is 0 Å². The summed E-state index contributed by atoms with van der Waals surface area (Å²) in [5.74, 6) is 1.16. The molecule has 0 saturated heterocycles. The molecule has 0 aromatic rings. The van der Waals surface area contributed by atoms with E-state index in [1.165, 1.54) is 0 Å². The Morgan fingerprint density at radius 2 is 0.812 bits per heavy atom. The van der Waals surface area contributed by atoms with Gasteiger partial charge in [-0.3, -0.25) is 0 Å². The molecule has 0 radical (unpaired) electrons. The average Bonchev–Trinajstić information content (AvgIpc) is 3.46. The topological polar surface area (TPSA) is 74.2 Å². The first-order valence-corrected chi connectivity index (χ1v) is 10.8. The summed E-state index contributed by atoms with van der Waals surface area (Å²) in [6.07, 6.45) is 11.7. The van der Waals surface area contributed by atoms with Crippen LogP contribution in [0.5, 0.6) is 0 Å². The maximum Gasteiger partial charge on any atom is 0.0580 e. The van der Waals surface area contributed by atoms with Crippen molar-refractivity contribution in [1.82, 2.24) is 0 Å². The van der Waals surface area contributed by atoms with E-state index in [1.54, 1.807) is 0 Å². The fraction of sp³-hybridized carbons (Fsp3) is 0.682. The molecule has 180 valence electrons. The largest absolute Gasteiger partial charge is 0.215 e. The van der Waals surface area contributed by atoms with Gasteiger partial charge in [-0.15, -0.1) is 37.2 Å². The van der Waals surface area contributed by atoms with E-state index in [9.17, 15) is 0 Å². The van der Waals surface area contributed by atoms with Gasteiger partial charge in [-0.25, -0.2) is 21.3 Å². The summed E-state index contributed by atoms with van der Waals surface area (Å²) in [5.41, 5.74) is 1.49. The minimum Gasteiger partial charge on any atom is -0.215 e. The molecule has 0 N–H and O–H groups in total. The van der Waals surface area contributed by atoms with Crippen LogP contribution in [0.4, 0.5) is 0 Å². The van der Waals surface area contributed by atoms with Crippen LogP contribution >= 0.6 is 37.2 Å². The van der Waals surface area contributed by atoms with Gasteiger partial charge >= 0.3 is 0 Å². The zero-order valence-electron chi connectivity index (χ0n) is 19.9. The summed E-state index contributed by atoms with van der Waals surface area (Å²) < 4.78 is 0. The molecule has 3 aliphatic rings. The molecule has 0 aromatic carbocycles. The zero-order chi connectivity index (χ0) is 20.4. The molecule has 0 fully saturated rings. The standard InChI is InChI=1S/C22H33N6.3ClH.Ti/c1-7-16-13-20(10-4,26-23-16)19(21(11-5)14-17(8-2)24-27-21)22(12-6)15-18(9-3)25-28-22;;;;/h13-15H,7-12H2,1-6H3;3*1H;/q-1;;;;. The van der Waals surface area contributed by atoms with Crippen molar-refractivity contribution in [2.75, 3.05) is 0 Å². The van der Waals surface area contributed by atoms with Crippen LogP contribution < -0.4 is 0 Å². The molecule has 0 saturated carbocycles. The molecule has 10 heteroatoms. The molecule has 0 bridgehead atoms. The van der Waals surface area contributed by atoms with Gasteiger partial charge in [0.25, 0.3) is 0 Å². The second-order valence-electron chi connectivity index (χ2n) is 7.78. The molecule has 3 unspecified atom stereocenters. The van der Waals surface area contributed by atoms with Crippen molar-refractivity contribution in [3.63, 3.8) is 0 Å². The van der Waals surface area contributed by atoms with Crippen molar-refractivity contribution in [2.24, 2.45) is 30.7 Å². The van der Waals surface area contributed by atoms with Crippen molar-refractivity contribution in [1.29, 1.82) is 0 Å². The Morgan fingerprint density at radius 3 is 0.969 bits per heavy atom. The molecule has 32 heavy (non-hydrogen) atoms. The third-order valence-electron chi connectivity index (χ3n) is 6.29. The maximum atomic E-state index is 4.85. The molecule has 3 rings (SSSR count). The van der Waals surface area contributed by atoms with Crippen LogP contribution in [-0.2, 0) is 21.7 Å². The number of hydrogen-bond acceptors (Lipinski definition) is 6. The Bertz CT molecular complexity index is 705. The van der Waals surface area contributed by atoms with Crippen LogP contribution in [0.2, 0.25) is 0 Å². The van der Waals surface area contributed by atoms with Gasteiger partial charge < -0.3 is 0 Å². The first kappa shape index (κ1) is 33.8. The van der Waals surface area contributed by atoms with Gasteiger partial charge in [0.2, 0.25) is 0 Å². The Hall–Kier alpha value is -0.396. The summed E-state index contributed by atoms with van der Waals surface area (Å²) in [5, 5.41) is 28.1. The molecule has 3 aliphatic heterocycles. The molecular formula is C22H36Cl3N6Ti-. The van der Waals surface area contributed by atoms with Crippen molar-refractivity contribution in [3.05, 3.63) is 41.2 Å². The van der Waals surface area contributed by atoms with E-state index in [1.807, 2.05) is 0 Å². The van der Waals surface area contributed by atoms with Crippen molar-refractivity contribution < 1.29 is 21.7 Å². The number of nitrogens with zero attached hydrogens (tertiary/aromatic N) is 6. The monoisotopic (exact) mass is 537 g/mol. The minimum absolute atomic E-state index is 0. The number of hydrogen-bond donors (Lipinski definition) is 0. The Balaban J connectivity index is 0. The van der Waals surface area contributed by atoms with Gasteiger partial charge in [-0.2, -0.15) is 15.3 Å². The molecular weight excluding hydrogens is 503 g/mol. The summed E-state index contributed by atoms with van der Waals surface area (Å²) in [7, 11) is 0. The number of rotatable bonds is 9. The molecule has 3 heterocycles. The summed E-state index contributed by atoms with van der Waals surface area (Å²) in [4.78, 5) is 0. The van der Waals surface area contributed by atoms with Gasteiger partial charge in [0, 0.05) is 21.7 Å². The normalized spacial score (nSPS) is 29.5. The summed E-state index contributed by atoms with van der Waals surface area (Å²) >= 11 is 0. The van der Waals surface area contributed by atoms with E-state index in [0.717, 1.165) is 61.5 Å². The van der Waals surface area contributed by atoms with Crippen LogP contribution in [-0.4, -0.2) is 16.6 Å². The van der Waals surface area contributed by atoms with Crippen molar-refractivity contribution >= 4 is 37.2 Å². The van der Waals surface area contributed by atoms with Crippen molar-refractivity contribution in [3.8, 4) is 0 Å². The molecule has 3 atom stereocenters. The second kappa shape index (κ2) is 13.5. The van der Waals surface area contributed by atoms with Crippen LogP contribution in [0, 0.1) is 5.92 Å². The van der Waals surface area contributed by atoms with E-state index < -0.39 is 16.6 Å². The first-order valence-electron chi connectivity index (χ1n) is 10.8. The smallest absolute Gasteiger partial charge is 0.0580 e. The van der Waals surface area contributed by atoms with Crippen molar-refractivity contribution in [2.45, 2.75) is 96.7 Å². The van der Waals surface area contributed by atoms with Gasteiger partial charge in [-0.1, -0.05) is 79.0 Å². The van der Waals surface area contributed by atoms with E-state index in [4.69, 9.17) is 15.3 Å². The fourth-order valence-corrected chi connectivity index (χ4v) is 4.52. The average molecular weight is 539 g/mol. The SMILES string of the molecule is CCC1=CC(CC)([C-](C2(CC)C=C(CC)N=N2)C2(CC)C=C(CC)N=N2)N=N1.Cl.Cl.Cl.[Ti]. The predicted molar refractivity (Wildman–Crippen MR) is 134 cm³/mol.